The lowest BCUT2D eigenvalue weighted by Gasteiger charge is -2.15. The summed E-state index contributed by atoms with van der Waals surface area (Å²) in [6, 6.07) is 19.8. The van der Waals surface area contributed by atoms with E-state index in [0.29, 0.717) is 17.8 Å². The van der Waals surface area contributed by atoms with Crippen LogP contribution < -0.4 is 5.32 Å². The van der Waals surface area contributed by atoms with Crippen molar-refractivity contribution >= 4 is 5.91 Å². The van der Waals surface area contributed by atoms with E-state index < -0.39 is 0 Å². The minimum Gasteiger partial charge on any atom is -0.350 e. The van der Waals surface area contributed by atoms with E-state index >= 15 is 0 Å². The third-order valence-electron chi connectivity index (χ3n) is 5.59. The number of rotatable bonds is 8. The molecular formula is C26H31NO. The molecule has 0 radical (unpaired) electrons. The van der Waals surface area contributed by atoms with E-state index in [4.69, 9.17) is 0 Å². The van der Waals surface area contributed by atoms with E-state index in [1.54, 1.807) is 6.08 Å². The molecule has 28 heavy (non-hydrogen) atoms. The van der Waals surface area contributed by atoms with Crippen LogP contribution >= 0.6 is 0 Å². The summed E-state index contributed by atoms with van der Waals surface area (Å²) in [7, 11) is 0. The van der Waals surface area contributed by atoms with Gasteiger partial charge in [-0.3, -0.25) is 4.79 Å². The monoisotopic (exact) mass is 373 g/mol. The van der Waals surface area contributed by atoms with Crippen LogP contribution in [0.15, 0.2) is 78.9 Å². The lowest BCUT2D eigenvalue weighted by molar-refractivity contribution is -0.117. The molecule has 1 saturated carbocycles. The van der Waals surface area contributed by atoms with Gasteiger partial charge in [0.25, 0.3) is 0 Å². The van der Waals surface area contributed by atoms with Gasteiger partial charge in [-0.25, -0.2) is 0 Å². The van der Waals surface area contributed by atoms with E-state index in [2.05, 4.69) is 79.8 Å². The van der Waals surface area contributed by atoms with Crippen molar-refractivity contribution in [2.45, 2.75) is 45.6 Å². The van der Waals surface area contributed by atoms with Crippen LogP contribution in [0.2, 0.25) is 0 Å². The second-order valence-corrected chi connectivity index (χ2v) is 8.20. The summed E-state index contributed by atoms with van der Waals surface area (Å²) in [5, 5.41) is 2.98. The van der Waals surface area contributed by atoms with Gasteiger partial charge in [-0.2, -0.15) is 0 Å². The summed E-state index contributed by atoms with van der Waals surface area (Å²) in [4.78, 5) is 11.8. The van der Waals surface area contributed by atoms with Gasteiger partial charge >= 0.3 is 0 Å². The Hall–Kier alpha value is -2.61. The fraction of sp³-hybridized carbons (Fsp3) is 0.346. The van der Waals surface area contributed by atoms with Gasteiger partial charge < -0.3 is 5.32 Å². The molecule has 3 rings (SSSR count). The highest BCUT2D eigenvalue weighted by Gasteiger charge is 2.35. The summed E-state index contributed by atoms with van der Waals surface area (Å²) in [6.45, 7) is 6.25. The first-order valence-electron chi connectivity index (χ1n) is 10.3. The molecule has 2 aromatic rings. The number of amides is 1. The minimum atomic E-state index is -0.0211. The number of carbonyl (C=O) groups is 1. The summed E-state index contributed by atoms with van der Waals surface area (Å²) in [5.41, 5.74) is 4.12. The zero-order valence-electron chi connectivity index (χ0n) is 17.1. The van der Waals surface area contributed by atoms with E-state index in [0.717, 1.165) is 6.42 Å². The van der Waals surface area contributed by atoms with E-state index in [-0.39, 0.29) is 11.9 Å². The predicted octanol–water partition coefficient (Wildman–Crippen LogP) is 5.65. The normalized spacial score (nSPS) is 20.0. The number of carbonyl (C=O) groups excluding carboxylic acids is 1. The number of allylic oxidation sites excluding steroid dienone is 3. The molecule has 2 heteroatoms. The highest BCUT2D eigenvalue weighted by atomic mass is 16.1. The maximum Gasteiger partial charge on any atom is 0.244 e. The zero-order chi connectivity index (χ0) is 19.9. The van der Waals surface area contributed by atoms with Crippen LogP contribution in [0.25, 0.3) is 0 Å². The smallest absolute Gasteiger partial charge is 0.244 e. The molecule has 1 aliphatic rings. The Morgan fingerprint density at radius 2 is 1.68 bits per heavy atom. The molecule has 0 bridgehead atoms. The Kier molecular flexibility index (Phi) is 6.86. The average Bonchev–Trinajstić information content (AvgIpc) is 3.46. The molecule has 0 saturated heterocycles. The lowest BCUT2D eigenvalue weighted by Crippen LogP contribution is -2.34. The molecule has 146 valence electrons. The quantitative estimate of drug-likeness (QED) is 0.470. The maximum absolute atomic E-state index is 11.8. The molecule has 0 heterocycles. The first-order chi connectivity index (χ1) is 13.5. The molecular weight excluding hydrogens is 342 g/mol. The second kappa shape index (κ2) is 9.54. The van der Waals surface area contributed by atoms with Gasteiger partial charge in [0.2, 0.25) is 5.91 Å². The van der Waals surface area contributed by atoms with E-state index in [1.165, 1.54) is 23.1 Å². The predicted molar refractivity (Wildman–Crippen MR) is 117 cm³/mol. The van der Waals surface area contributed by atoms with Gasteiger partial charge in [-0.15, -0.1) is 0 Å². The van der Waals surface area contributed by atoms with E-state index in [1.807, 2.05) is 19.1 Å². The van der Waals surface area contributed by atoms with Crippen LogP contribution in [0, 0.1) is 11.8 Å². The molecule has 2 nitrogen and oxygen atoms in total. The molecule has 2 aromatic carbocycles. The highest BCUT2D eigenvalue weighted by molar-refractivity contribution is 5.87. The SMILES string of the molecule is CC(C)C(C)NC(=O)/C=C/C=C/C1CC1c1ccc(Cc2ccccc2)cc1. The first kappa shape index (κ1) is 20.1. The lowest BCUT2D eigenvalue weighted by atomic mass is 10.0. The van der Waals surface area contributed by atoms with Crippen molar-refractivity contribution in [3.63, 3.8) is 0 Å². The van der Waals surface area contributed by atoms with Crippen LogP contribution in [-0.4, -0.2) is 11.9 Å². The van der Waals surface area contributed by atoms with Crippen LogP contribution in [0.1, 0.15) is 49.8 Å². The Morgan fingerprint density at radius 1 is 1.00 bits per heavy atom. The van der Waals surface area contributed by atoms with Crippen molar-refractivity contribution in [3.05, 3.63) is 95.6 Å². The van der Waals surface area contributed by atoms with Crippen molar-refractivity contribution in [1.82, 2.24) is 5.32 Å². The molecule has 0 aromatic heterocycles. The molecule has 3 unspecified atom stereocenters. The van der Waals surface area contributed by atoms with Gasteiger partial charge in [-0.05, 0) is 54.2 Å². The van der Waals surface area contributed by atoms with Crippen molar-refractivity contribution < 1.29 is 4.79 Å². The topological polar surface area (TPSA) is 29.1 Å². The molecule has 0 aliphatic heterocycles. The Balaban J connectivity index is 1.45. The van der Waals surface area contributed by atoms with Crippen molar-refractivity contribution in [1.29, 1.82) is 0 Å². The minimum absolute atomic E-state index is 0.0211. The third-order valence-corrected chi connectivity index (χ3v) is 5.59. The average molecular weight is 374 g/mol. The van der Waals surface area contributed by atoms with Crippen molar-refractivity contribution in [2.75, 3.05) is 0 Å². The Labute approximate surface area is 169 Å². The van der Waals surface area contributed by atoms with Crippen molar-refractivity contribution in [3.8, 4) is 0 Å². The van der Waals surface area contributed by atoms with Crippen LogP contribution in [0.5, 0.6) is 0 Å². The van der Waals surface area contributed by atoms with Crippen molar-refractivity contribution in [2.24, 2.45) is 11.8 Å². The molecule has 1 N–H and O–H groups in total. The second-order valence-electron chi connectivity index (χ2n) is 8.20. The number of nitrogens with one attached hydrogen (secondary N) is 1. The number of hydrogen-bond acceptors (Lipinski definition) is 1. The zero-order valence-corrected chi connectivity index (χ0v) is 17.1. The Morgan fingerprint density at radius 3 is 2.36 bits per heavy atom. The van der Waals surface area contributed by atoms with Gasteiger partial charge in [0.1, 0.15) is 0 Å². The molecule has 0 spiro atoms. The first-order valence-corrected chi connectivity index (χ1v) is 10.3. The van der Waals surface area contributed by atoms with Gasteiger partial charge in [0.05, 0.1) is 0 Å². The summed E-state index contributed by atoms with van der Waals surface area (Å²) < 4.78 is 0. The highest BCUT2D eigenvalue weighted by Crippen LogP contribution is 2.48. The standard InChI is InChI=1S/C26H31NO/c1-19(2)20(3)27-26(28)12-8-7-11-24-18-25(24)23-15-13-22(14-16-23)17-21-9-5-4-6-10-21/h4-16,19-20,24-25H,17-18H2,1-3H3,(H,27,28)/b11-7+,12-8+. The molecule has 1 fully saturated rings. The third kappa shape index (κ3) is 5.95. The molecule has 1 amide bonds. The summed E-state index contributed by atoms with van der Waals surface area (Å²) in [6.07, 6.45) is 9.87. The summed E-state index contributed by atoms with van der Waals surface area (Å²) >= 11 is 0. The fourth-order valence-corrected chi connectivity index (χ4v) is 3.31. The van der Waals surface area contributed by atoms with Crippen LogP contribution in [0.4, 0.5) is 0 Å². The number of benzene rings is 2. The van der Waals surface area contributed by atoms with E-state index in [9.17, 15) is 4.79 Å². The summed E-state index contributed by atoms with van der Waals surface area (Å²) in [5.74, 6) is 1.62. The molecule has 3 atom stereocenters. The van der Waals surface area contributed by atoms with Gasteiger partial charge in [0.15, 0.2) is 0 Å². The molecule has 1 aliphatic carbocycles. The Bertz CT molecular complexity index is 817. The maximum atomic E-state index is 11.8. The van der Waals surface area contributed by atoms with Gasteiger partial charge in [0, 0.05) is 12.1 Å². The van der Waals surface area contributed by atoms with Crippen LogP contribution in [-0.2, 0) is 11.2 Å². The van der Waals surface area contributed by atoms with Crippen LogP contribution in [0.3, 0.4) is 0 Å². The fourth-order valence-electron chi connectivity index (χ4n) is 3.31. The largest absolute Gasteiger partial charge is 0.350 e. The van der Waals surface area contributed by atoms with Gasteiger partial charge in [-0.1, -0.05) is 86.7 Å². The number of hydrogen-bond donors (Lipinski definition) is 1.